The number of allylic oxidation sites excluding steroid dienone is 1. The second-order valence-corrected chi connectivity index (χ2v) is 5.01. The minimum atomic E-state index is -2.67. The third kappa shape index (κ3) is 0.642. The van der Waals surface area contributed by atoms with Crippen LogP contribution in [0.1, 0.15) is 6.42 Å². The van der Waals surface area contributed by atoms with Crippen LogP contribution in [0.4, 0.5) is 0 Å². The molecule has 0 aromatic carbocycles. The van der Waals surface area contributed by atoms with Crippen molar-refractivity contribution in [2.45, 2.75) is 11.7 Å². The van der Waals surface area contributed by atoms with E-state index in [9.17, 15) is 8.42 Å². The van der Waals surface area contributed by atoms with Crippen molar-refractivity contribution in [1.82, 2.24) is 0 Å². The second-order valence-electron chi connectivity index (χ2n) is 2.75. The molecule has 2 unspecified atom stereocenters. The van der Waals surface area contributed by atoms with Crippen LogP contribution in [0.25, 0.3) is 0 Å². The molecule has 2 aliphatic rings. The standard InChI is InChI=1S/C6H8O2S/c7-9(8)4-5-1-2-6(9)3-5/h1-2,5-6H,3-4H2. The molecule has 0 spiro atoms. The van der Waals surface area contributed by atoms with Crippen LogP contribution in [0.3, 0.4) is 0 Å². The smallest absolute Gasteiger partial charge is 0.157 e. The molecule has 0 aromatic rings. The maximum Gasteiger partial charge on any atom is 0.157 e. The molecule has 0 saturated carbocycles. The third-order valence-corrected chi connectivity index (χ3v) is 4.21. The molecule has 1 aliphatic heterocycles. The van der Waals surface area contributed by atoms with Gasteiger partial charge in [0.05, 0.1) is 11.0 Å². The van der Waals surface area contributed by atoms with Crippen molar-refractivity contribution in [3.05, 3.63) is 12.2 Å². The summed E-state index contributed by atoms with van der Waals surface area (Å²) in [5, 5.41) is -0.123. The number of hydrogen-bond acceptors (Lipinski definition) is 2. The monoisotopic (exact) mass is 144 g/mol. The topological polar surface area (TPSA) is 34.1 Å². The molecule has 3 heteroatoms. The first-order valence-electron chi connectivity index (χ1n) is 3.08. The Balaban J connectivity index is 2.51. The minimum absolute atomic E-state index is 0.123. The first-order chi connectivity index (χ1) is 4.18. The number of hydrogen-bond donors (Lipinski definition) is 0. The molecule has 9 heavy (non-hydrogen) atoms. The van der Waals surface area contributed by atoms with Gasteiger partial charge in [0.2, 0.25) is 0 Å². The van der Waals surface area contributed by atoms with Gasteiger partial charge >= 0.3 is 0 Å². The van der Waals surface area contributed by atoms with Crippen LogP contribution in [0, 0.1) is 5.92 Å². The summed E-state index contributed by atoms with van der Waals surface area (Å²) in [6.07, 6.45) is 4.69. The van der Waals surface area contributed by atoms with Crippen molar-refractivity contribution in [3.8, 4) is 0 Å². The average Bonchev–Trinajstić information content (AvgIpc) is 2.19. The van der Waals surface area contributed by atoms with E-state index in [-0.39, 0.29) is 5.25 Å². The molecule has 1 saturated heterocycles. The zero-order valence-corrected chi connectivity index (χ0v) is 5.76. The zero-order valence-electron chi connectivity index (χ0n) is 4.95. The van der Waals surface area contributed by atoms with Crippen LogP contribution in [0.15, 0.2) is 12.2 Å². The fourth-order valence-corrected chi connectivity index (χ4v) is 3.51. The van der Waals surface area contributed by atoms with E-state index >= 15 is 0 Å². The van der Waals surface area contributed by atoms with Crippen LogP contribution in [-0.2, 0) is 9.84 Å². The summed E-state index contributed by atoms with van der Waals surface area (Å²) in [5.41, 5.74) is 0. The molecule has 0 radical (unpaired) electrons. The summed E-state index contributed by atoms with van der Waals surface area (Å²) < 4.78 is 21.9. The Morgan fingerprint density at radius 2 is 2.11 bits per heavy atom. The van der Waals surface area contributed by atoms with E-state index in [0.717, 1.165) is 6.42 Å². The van der Waals surface area contributed by atoms with E-state index in [1.807, 2.05) is 12.2 Å². The molecule has 1 heterocycles. The normalized spacial score (nSPS) is 44.0. The molecule has 1 fully saturated rings. The molecule has 2 atom stereocenters. The molecule has 2 nitrogen and oxygen atoms in total. The highest BCUT2D eigenvalue weighted by molar-refractivity contribution is 7.92. The Bertz CT molecular complexity index is 250. The van der Waals surface area contributed by atoms with Gasteiger partial charge in [-0.1, -0.05) is 12.2 Å². The van der Waals surface area contributed by atoms with Gasteiger partial charge in [0.15, 0.2) is 9.84 Å². The molecule has 0 N–H and O–H groups in total. The fourth-order valence-electron chi connectivity index (χ4n) is 1.55. The summed E-state index contributed by atoms with van der Waals surface area (Å²) in [5.74, 6) is 0.744. The molecule has 2 bridgehead atoms. The van der Waals surface area contributed by atoms with Crippen molar-refractivity contribution in [2.75, 3.05) is 5.75 Å². The minimum Gasteiger partial charge on any atom is -0.228 e. The van der Waals surface area contributed by atoms with Gasteiger partial charge in [-0.15, -0.1) is 0 Å². The summed E-state index contributed by atoms with van der Waals surface area (Å²) in [6.45, 7) is 0. The van der Waals surface area contributed by atoms with Gasteiger partial charge in [-0.25, -0.2) is 8.42 Å². The van der Waals surface area contributed by atoms with Gasteiger partial charge in [-0.2, -0.15) is 0 Å². The number of sulfone groups is 1. The van der Waals surface area contributed by atoms with Gasteiger partial charge in [0, 0.05) is 0 Å². The Morgan fingerprint density at radius 3 is 2.33 bits per heavy atom. The molecule has 2 rings (SSSR count). The highest BCUT2D eigenvalue weighted by atomic mass is 32.2. The molecular formula is C6H8O2S. The highest BCUT2D eigenvalue weighted by Crippen LogP contribution is 2.33. The quantitative estimate of drug-likeness (QED) is 0.460. The van der Waals surface area contributed by atoms with Crippen LogP contribution in [0.5, 0.6) is 0 Å². The second kappa shape index (κ2) is 1.40. The van der Waals surface area contributed by atoms with E-state index in [0.29, 0.717) is 11.7 Å². The Hall–Kier alpha value is -0.310. The maximum atomic E-state index is 11.0. The lowest BCUT2D eigenvalue weighted by molar-refractivity contribution is 0.596. The van der Waals surface area contributed by atoms with Crippen LogP contribution < -0.4 is 0 Å². The van der Waals surface area contributed by atoms with Crippen LogP contribution in [0.2, 0.25) is 0 Å². The predicted octanol–water partition coefficient (Wildman–Crippen LogP) is 0.360. The SMILES string of the molecule is O=S1(=O)CC2C=CC1C2. The Kier molecular flexibility index (Phi) is 0.850. The summed E-state index contributed by atoms with van der Waals surface area (Å²) in [4.78, 5) is 0. The van der Waals surface area contributed by atoms with Crippen molar-refractivity contribution < 1.29 is 8.42 Å². The fraction of sp³-hybridized carbons (Fsp3) is 0.667. The lowest BCUT2D eigenvalue weighted by Crippen LogP contribution is -2.14. The summed E-state index contributed by atoms with van der Waals surface area (Å²) in [6, 6.07) is 0. The molecule has 0 aromatic heterocycles. The molecule has 1 aliphatic carbocycles. The van der Waals surface area contributed by atoms with Crippen LogP contribution in [-0.4, -0.2) is 19.4 Å². The van der Waals surface area contributed by atoms with Crippen LogP contribution >= 0.6 is 0 Å². The van der Waals surface area contributed by atoms with E-state index in [2.05, 4.69) is 0 Å². The largest absolute Gasteiger partial charge is 0.228 e. The zero-order chi connectivity index (χ0) is 6.48. The van der Waals surface area contributed by atoms with E-state index in [4.69, 9.17) is 0 Å². The van der Waals surface area contributed by atoms with E-state index in [1.165, 1.54) is 0 Å². The van der Waals surface area contributed by atoms with Gasteiger partial charge in [0.1, 0.15) is 0 Å². The lowest BCUT2D eigenvalue weighted by Gasteiger charge is -2.01. The first-order valence-corrected chi connectivity index (χ1v) is 4.80. The number of rotatable bonds is 0. The predicted molar refractivity (Wildman–Crippen MR) is 34.8 cm³/mol. The van der Waals surface area contributed by atoms with Gasteiger partial charge in [-0.05, 0) is 12.3 Å². The molecule has 50 valence electrons. The maximum absolute atomic E-state index is 11.0. The highest BCUT2D eigenvalue weighted by Gasteiger charge is 2.39. The van der Waals surface area contributed by atoms with Crippen molar-refractivity contribution in [2.24, 2.45) is 5.92 Å². The first kappa shape index (κ1) is 5.47. The van der Waals surface area contributed by atoms with Crippen molar-refractivity contribution in [3.63, 3.8) is 0 Å². The van der Waals surface area contributed by atoms with E-state index < -0.39 is 9.84 Å². The summed E-state index contributed by atoms with van der Waals surface area (Å²) in [7, 11) is -2.67. The van der Waals surface area contributed by atoms with Gasteiger partial charge in [-0.3, -0.25) is 0 Å². The van der Waals surface area contributed by atoms with Gasteiger partial charge < -0.3 is 0 Å². The van der Waals surface area contributed by atoms with E-state index in [1.54, 1.807) is 0 Å². The average molecular weight is 144 g/mol. The third-order valence-electron chi connectivity index (χ3n) is 2.04. The van der Waals surface area contributed by atoms with Crippen molar-refractivity contribution >= 4 is 9.84 Å². The Labute approximate surface area is 54.5 Å². The van der Waals surface area contributed by atoms with Crippen molar-refractivity contribution in [1.29, 1.82) is 0 Å². The summed E-state index contributed by atoms with van der Waals surface area (Å²) >= 11 is 0. The van der Waals surface area contributed by atoms with Gasteiger partial charge in [0.25, 0.3) is 0 Å². The Morgan fingerprint density at radius 1 is 1.33 bits per heavy atom. The lowest BCUT2D eigenvalue weighted by atomic mass is 10.2. The number of fused-ring (bicyclic) bond motifs is 2. The molecule has 0 amide bonds. The molecular weight excluding hydrogens is 136 g/mol.